The van der Waals surface area contributed by atoms with Gasteiger partial charge in [0.05, 0.1) is 18.8 Å². The lowest BCUT2D eigenvalue weighted by molar-refractivity contribution is 0.128. The molecule has 160 valence electrons. The predicted octanol–water partition coefficient (Wildman–Crippen LogP) is 2.73. The minimum absolute atomic E-state index is 0.671. The van der Waals surface area contributed by atoms with E-state index in [2.05, 4.69) is 39.4 Å². The van der Waals surface area contributed by atoms with Gasteiger partial charge in [0.15, 0.2) is 5.96 Å². The van der Waals surface area contributed by atoms with Crippen molar-refractivity contribution >= 4 is 5.96 Å². The molecule has 0 bridgehead atoms. The van der Waals surface area contributed by atoms with Crippen molar-refractivity contribution < 1.29 is 9.15 Å². The van der Waals surface area contributed by atoms with Gasteiger partial charge in [0, 0.05) is 26.7 Å². The second kappa shape index (κ2) is 12.1. The maximum atomic E-state index is 5.71. The Hall–Kier alpha value is -1.60. The lowest BCUT2D eigenvalue weighted by atomic mass is 9.97. The molecule has 1 fully saturated rings. The Morgan fingerprint density at radius 1 is 1.25 bits per heavy atom. The molecule has 0 spiro atoms. The number of oxazole rings is 1. The number of nitrogens with zero attached hydrogens (tertiary/aromatic N) is 3. The molecule has 1 aromatic heterocycles. The normalized spacial score (nSPS) is 16.7. The van der Waals surface area contributed by atoms with Crippen molar-refractivity contribution in [1.82, 2.24) is 20.5 Å². The minimum atomic E-state index is 0.671. The fourth-order valence-corrected chi connectivity index (χ4v) is 3.27. The zero-order valence-corrected chi connectivity index (χ0v) is 18.4. The van der Waals surface area contributed by atoms with E-state index in [4.69, 9.17) is 9.15 Å². The molecule has 0 aromatic carbocycles. The van der Waals surface area contributed by atoms with Crippen molar-refractivity contribution in [2.75, 3.05) is 46.4 Å². The summed E-state index contributed by atoms with van der Waals surface area (Å²) in [6.45, 7) is 14.7. The molecule has 28 heavy (non-hydrogen) atoms. The Kier molecular flexibility index (Phi) is 9.78. The van der Waals surface area contributed by atoms with Gasteiger partial charge in [-0.15, -0.1) is 0 Å². The van der Waals surface area contributed by atoms with Gasteiger partial charge in [-0.05, 0) is 58.0 Å². The largest absolute Gasteiger partial charge is 0.444 e. The molecule has 0 amide bonds. The van der Waals surface area contributed by atoms with Gasteiger partial charge in [-0.2, -0.15) is 0 Å². The molecule has 1 saturated heterocycles. The molecule has 7 heteroatoms. The van der Waals surface area contributed by atoms with E-state index in [-0.39, 0.29) is 0 Å². The summed E-state index contributed by atoms with van der Waals surface area (Å²) in [6.07, 6.45) is 3.48. The highest BCUT2D eigenvalue weighted by molar-refractivity contribution is 5.79. The molecular formula is C21H39N5O2. The van der Waals surface area contributed by atoms with E-state index in [1.54, 1.807) is 0 Å². The molecule has 1 aliphatic heterocycles. The molecule has 7 nitrogen and oxygen atoms in total. The van der Waals surface area contributed by atoms with Crippen LogP contribution in [0.4, 0.5) is 0 Å². The van der Waals surface area contributed by atoms with E-state index in [9.17, 15) is 0 Å². The van der Waals surface area contributed by atoms with Gasteiger partial charge < -0.3 is 19.8 Å². The van der Waals surface area contributed by atoms with Gasteiger partial charge in [0.2, 0.25) is 5.89 Å². The molecule has 2 N–H and O–H groups in total. The fourth-order valence-electron chi connectivity index (χ4n) is 3.27. The van der Waals surface area contributed by atoms with Crippen LogP contribution in [0.1, 0.15) is 50.5 Å². The van der Waals surface area contributed by atoms with Crippen molar-refractivity contribution in [3.63, 3.8) is 0 Å². The summed E-state index contributed by atoms with van der Waals surface area (Å²) in [5.41, 5.74) is 0.998. The fraction of sp³-hybridized carbons (Fsp3) is 0.810. The maximum Gasteiger partial charge on any atom is 0.208 e. The van der Waals surface area contributed by atoms with Crippen LogP contribution in [0.5, 0.6) is 0 Å². The number of aromatic nitrogens is 1. The summed E-state index contributed by atoms with van der Waals surface area (Å²) in [6, 6.07) is 0. The van der Waals surface area contributed by atoms with Gasteiger partial charge in [-0.3, -0.25) is 9.89 Å². The Morgan fingerprint density at radius 3 is 2.61 bits per heavy atom. The van der Waals surface area contributed by atoms with E-state index in [1.807, 2.05) is 20.9 Å². The highest BCUT2D eigenvalue weighted by Gasteiger charge is 2.21. The Bertz CT molecular complexity index is 572. The molecule has 1 aliphatic rings. The Morgan fingerprint density at radius 2 is 2.00 bits per heavy atom. The van der Waals surface area contributed by atoms with Gasteiger partial charge in [-0.25, -0.2) is 4.98 Å². The quantitative estimate of drug-likeness (QED) is 0.362. The number of aryl methyl sites for hydroxylation is 2. The number of piperidine rings is 1. The van der Waals surface area contributed by atoms with Crippen molar-refractivity contribution in [2.45, 2.75) is 53.5 Å². The van der Waals surface area contributed by atoms with Gasteiger partial charge in [-0.1, -0.05) is 13.8 Å². The second-order valence-corrected chi connectivity index (χ2v) is 8.14. The first-order valence-electron chi connectivity index (χ1n) is 10.7. The van der Waals surface area contributed by atoms with E-state index < -0.39 is 0 Å². The molecule has 0 aliphatic carbocycles. The lowest BCUT2D eigenvalue weighted by Gasteiger charge is -2.31. The van der Waals surface area contributed by atoms with Gasteiger partial charge >= 0.3 is 0 Å². The smallest absolute Gasteiger partial charge is 0.208 e. The van der Waals surface area contributed by atoms with Crippen LogP contribution in [0, 0.1) is 25.7 Å². The van der Waals surface area contributed by atoms with Crippen LogP contribution in [0.15, 0.2) is 9.41 Å². The minimum Gasteiger partial charge on any atom is -0.444 e. The second-order valence-electron chi connectivity index (χ2n) is 8.14. The predicted molar refractivity (Wildman–Crippen MR) is 114 cm³/mol. The van der Waals surface area contributed by atoms with E-state index >= 15 is 0 Å². The summed E-state index contributed by atoms with van der Waals surface area (Å²) >= 11 is 0. The molecule has 0 saturated carbocycles. The van der Waals surface area contributed by atoms with Gasteiger partial charge in [0.1, 0.15) is 5.76 Å². The van der Waals surface area contributed by atoms with Crippen LogP contribution in [0.25, 0.3) is 0 Å². The summed E-state index contributed by atoms with van der Waals surface area (Å²) in [7, 11) is 1.82. The van der Waals surface area contributed by atoms with E-state index in [1.165, 1.54) is 12.8 Å². The first kappa shape index (κ1) is 22.7. The number of likely N-dealkylation sites (tertiary alicyclic amines) is 1. The lowest BCUT2D eigenvalue weighted by Crippen LogP contribution is -2.43. The van der Waals surface area contributed by atoms with E-state index in [0.29, 0.717) is 18.4 Å². The average molecular weight is 394 g/mol. The first-order valence-corrected chi connectivity index (χ1v) is 10.7. The molecule has 2 rings (SSSR count). The summed E-state index contributed by atoms with van der Waals surface area (Å²) < 4.78 is 11.4. The number of rotatable bonds is 10. The third-order valence-electron chi connectivity index (χ3n) is 5.30. The first-order chi connectivity index (χ1) is 13.5. The monoisotopic (exact) mass is 393 g/mol. The summed E-state index contributed by atoms with van der Waals surface area (Å²) in [5, 5.41) is 6.79. The molecule has 2 heterocycles. The van der Waals surface area contributed by atoms with Gasteiger partial charge in [0.25, 0.3) is 0 Å². The standard InChI is InChI=1S/C21H39N5O2/c1-16(2)8-12-27-13-9-23-21(22-5)24-14-19-6-10-26(11-7-19)15-20-25-17(3)18(4)28-20/h16,19H,6-15H2,1-5H3,(H2,22,23,24). The maximum absolute atomic E-state index is 5.71. The summed E-state index contributed by atoms with van der Waals surface area (Å²) in [5.74, 6) is 3.99. The van der Waals surface area contributed by atoms with Crippen LogP contribution in [0.3, 0.4) is 0 Å². The zero-order valence-electron chi connectivity index (χ0n) is 18.4. The van der Waals surface area contributed by atoms with E-state index in [0.717, 1.165) is 69.1 Å². The van der Waals surface area contributed by atoms with Crippen molar-refractivity contribution in [3.05, 3.63) is 17.3 Å². The number of nitrogens with one attached hydrogen (secondary N) is 2. The molecule has 0 radical (unpaired) electrons. The molecule has 1 aromatic rings. The third kappa shape index (κ3) is 8.19. The third-order valence-corrected chi connectivity index (χ3v) is 5.30. The van der Waals surface area contributed by atoms with Crippen molar-refractivity contribution in [2.24, 2.45) is 16.8 Å². The zero-order chi connectivity index (χ0) is 20.4. The number of hydrogen-bond acceptors (Lipinski definition) is 5. The average Bonchev–Trinajstić information content (AvgIpc) is 2.98. The Labute approximate surface area is 170 Å². The molecule has 0 atom stereocenters. The molecular weight excluding hydrogens is 354 g/mol. The van der Waals surface area contributed by atoms with Crippen LogP contribution < -0.4 is 10.6 Å². The summed E-state index contributed by atoms with van der Waals surface area (Å²) in [4.78, 5) is 11.2. The number of guanidine groups is 1. The Balaban J connectivity index is 1.57. The van der Waals surface area contributed by atoms with Crippen molar-refractivity contribution in [1.29, 1.82) is 0 Å². The van der Waals surface area contributed by atoms with Crippen LogP contribution in [-0.4, -0.2) is 62.3 Å². The van der Waals surface area contributed by atoms with Crippen molar-refractivity contribution in [3.8, 4) is 0 Å². The van der Waals surface area contributed by atoms with Crippen LogP contribution >= 0.6 is 0 Å². The SMILES string of the molecule is CN=C(NCCOCCC(C)C)NCC1CCN(Cc2nc(C)c(C)o2)CC1. The topological polar surface area (TPSA) is 74.9 Å². The highest BCUT2D eigenvalue weighted by atomic mass is 16.5. The number of hydrogen-bond donors (Lipinski definition) is 2. The van der Waals surface area contributed by atoms with Crippen LogP contribution in [0.2, 0.25) is 0 Å². The highest BCUT2D eigenvalue weighted by Crippen LogP contribution is 2.19. The number of ether oxygens (including phenoxy) is 1. The molecule has 0 unspecified atom stereocenters. The van der Waals surface area contributed by atoms with Crippen LogP contribution in [-0.2, 0) is 11.3 Å². The number of aliphatic imine (C=N–C) groups is 1.